The molecular formula is C6H3ClF2IN. The predicted molar refractivity (Wildman–Crippen MR) is 48.5 cm³/mol. The van der Waals surface area contributed by atoms with E-state index in [1.54, 1.807) is 22.6 Å². The smallest absolute Gasteiger partial charge is 0.173 e. The lowest BCUT2D eigenvalue weighted by Crippen LogP contribution is -1.95. The van der Waals surface area contributed by atoms with Crippen LogP contribution >= 0.6 is 34.2 Å². The number of rotatable bonds is 0. The van der Waals surface area contributed by atoms with E-state index in [4.69, 9.17) is 17.3 Å². The molecule has 5 heteroatoms. The van der Waals surface area contributed by atoms with Crippen molar-refractivity contribution in [3.63, 3.8) is 0 Å². The Hall–Kier alpha value is -0.100. The normalized spacial score (nSPS) is 10.2. The molecule has 0 heterocycles. The van der Waals surface area contributed by atoms with Crippen molar-refractivity contribution in [2.24, 2.45) is 0 Å². The maximum atomic E-state index is 12.6. The second kappa shape index (κ2) is 3.10. The van der Waals surface area contributed by atoms with Gasteiger partial charge in [-0.1, -0.05) is 11.6 Å². The molecule has 0 bridgehead atoms. The summed E-state index contributed by atoms with van der Waals surface area (Å²) in [6, 6.07) is 0.861. The Kier molecular flexibility index (Phi) is 2.54. The van der Waals surface area contributed by atoms with Gasteiger partial charge in [0.05, 0.1) is 14.3 Å². The Morgan fingerprint density at radius 1 is 1.45 bits per heavy atom. The first kappa shape index (κ1) is 8.99. The van der Waals surface area contributed by atoms with Crippen LogP contribution in [0.3, 0.4) is 0 Å². The lowest BCUT2D eigenvalue weighted by Gasteiger charge is -2.02. The van der Waals surface area contributed by atoms with Crippen LogP contribution in [-0.4, -0.2) is 0 Å². The molecule has 0 saturated carbocycles. The van der Waals surface area contributed by atoms with Crippen LogP contribution in [0.1, 0.15) is 0 Å². The van der Waals surface area contributed by atoms with Crippen molar-refractivity contribution >= 4 is 39.9 Å². The average molecular weight is 289 g/mol. The minimum Gasteiger partial charge on any atom is -0.397 e. The summed E-state index contributed by atoms with van der Waals surface area (Å²) in [7, 11) is 0. The van der Waals surface area contributed by atoms with Crippen molar-refractivity contribution in [3.05, 3.63) is 26.3 Å². The zero-order valence-corrected chi connectivity index (χ0v) is 8.08. The van der Waals surface area contributed by atoms with E-state index in [0.717, 1.165) is 6.07 Å². The van der Waals surface area contributed by atoms with E-state index < -0.39 is 11.6 Å². The van der Waals surface area contributed by atoms with Crippen LogP contribution in [0.25, 0.3) is 0 Å². The maximum absolute atomic E-state index is 12.6. The Labute approximate surface area is 80.7 Å². The van der Waals surface area contributed by atoms with Crippen LogP contribution in [0.15, 0.2) is 6.07 Å². The first-order valence-electron chi connectivity index (χ1n) is 2.62. The van der Waals surface area contributed by atoms with Crippen molar-refractivity contribution in [2.45, 2.75) is 0 Å². The molecule has 0 aliphatic carbocycles. The van der Waals surface area contributed by atoms with Crippen LogP contribution in [0, 0.1) is 15.2 Å². The molecule has 60 valence electrons. The van der Waals surface area contributed by atoms with E-state index in [-0.39, 0.29) is 14.3 Å². The van der Waals surface area contributed by atoms with Crippen molar-refractivity contribution in [1.29, 1.82) is 0 Å². The molecule has 0 fully saturated rings. The Bertz CT molecular complexity index is 277. The van der Waals surface area contributed by atoms with Gasteiger partial charge in [0.2, 0.25) is 0 Å². The first-order valence-corrected chi connectivity index (χ1v) is 4.08. The van der Waals surface area contributed by atoms with Gasteiger partial charge in [-0.25, -0.2) is 8.78 Å². The molecule has 0 atom stereocenters. The molecule has 1 aromatic carbocycles. The zero-order valence-electron chi connectivity index (χ0n) is 5.17. The topological polar surface area (TPSA) is 26.0 Å². The summed E-state index contributed by atoms with van der Waals surface area (Å²) in [5, 5.41) is 0.0597. The van der Waals surface area contributed by atoms with Gasteiger partial charge >= 0.3 is 0 Å². The summed E-state index contributed by atoms with van der Waals surface area (Å²) in [6.07, 6.45) is 0. The largest absolute Gasteiger partial charge is 0.397 e. The van der Waals surface area contributed by atoms with E-state index in [0.29, 0.717) is 0 Å². The van der Waals surface area contributed by atoms with E-state index in [9.17, 15) is 8.78 Å². The van der Waals surface area contributed by atoms with E-state index in [1.807, 2.05) is 0 Å². The first-order chi connectivity index (χ1) is 5.04. The molecule has 1 nitrogen and oxygen atoms in total. The van der Waals surface area contributed by atoms with Gasteiger partial charge in [-0.2, -0.15) is 0 Å². The lowest BCUT2D eigenvalue weighted by atomic mass is 10.3. The van der Waals surface area contributed by atoms with Crippen LogP contribution in [0.2, 0.25) is 5.02 Å². The van der Waals surface area contributed by atoms with Gasteiger partial charge in [0.15, 0.2) is 11.6 Å². The fraction of sp³-hybridized carbons (Fsp3) is 0. The third-order valence-electron chi connectivity index (χ3n) is 1.13. The third kappa shape index (κ3) is 1.56. The number of nitrogen functional groups attached to an aromatic ring is 1. The number of nitrogens with two attached hydrogens (primary N) is 1. The summed E-state index contributed by atoms with van der Waals surface area (Å²) in [5.41, 5.74) is 5.30. The van der Waals surface area contributed by atoms with Crippen molar-refractivity contribution in [1.82, 2.24) is 0 Å². The molecule has 0 saturated heterocycles. The molecule has 0 aliphatic rings. The maximum Gasteiger partial charge on any atom is 0.173 e. The highest BCUT2D eigenvalue weighted by molar-refractivity contribution is 14.1. The molecule has 2 N–H and O–H groups in total. The lowest BCUT2D eigenvalue weighted by molar-refractivity contribution is 0.504. The van der Waals surface area contributed by atoms with Crippen molar-refractivity contribution in [2.75, 3.05) is 5.73 Å². The number of anilines is 1. The number of halogens is 4. The molecule has 0 spiro atoms. The molecule has 1 rings (SSSR count). The van der Waals surface area contributed by atoms with Gasteiger partial charge in [0.1, 0.15) is 0 Å². The van der Waals surface area contributed by atoms with E-state index >= 15 is 0 Å². The summed E-state index contributed by atoms with van der Waals surface area (Å²) < 4.78 is 25.2. The SMILES string of the molecule is Nc1cc(F)c(F)c(I)c1Cl. The molecule has 11 heavy (non-hydrogen) atoms. The number of benzene rings is 1. The van der Waals surface area contributed by atoms with Gasteiger partial charge in [-0.3, -0.25) is 0 Å². The quantitative estimate of drug-likeness (QED) is 0.338. The Morgan fingerprint density at radius 3 is 2.55 bits per heavy atom. The van der Waals surface area contributed by atoms with Gasteiger partial charge in [-0.05, 0) is 22.6 Å². The van der Waals surface area contributed by atoms with Crippen molar-refractivity contribution < 1.29 is 8.78 Å². The fourth-order valence-corrected chi connectivity index (χ4v) is 1.30. The molecule has 1 aromatic rings. The highest BCUT2D eigenvalue weighted by atomic mass is 127. The molecule has 0 unspecified atom stereocenters. The third-order valence-corrected chi connectivity index (χ3v) is 2.87. The second-order valence-electron chi connectivity index (χ2n) is 1.89. The number of hydrogen-bond donors (Lipinski definition) is 1. The van der Waals surface area contributed by atoms with E-state index in [2.05, 4.69) is 0 Å². The van der Waals surface area contributed by atoms with Gasteiger partial charge < -0.3 is 5.73 Å². The van der Waals surface area contributed by atoms with Crippen LogP contribution in [-0.2, 0) is 0 Å². The van der Waals surface area contributed by atoms with Gasteiger partial charge in [-0.15, -0.1) is 0 Å². The molecule has 0 aliphatic heterocycles. The van der Waals surface area contributed by atoms with Crippen LogP contribution < -0.4 is 5.73 Å². The highest BCUT2D eigenvalue weighted by Crippen LogP contribution is 2.28. The summed E-state index contributed by atoms with van der Waals surface area (Å²) in [5.74, 6) is -1.93. The van der Waals surface area contributed by atoms with Crippen LogP contribution in [0.4, 0.5) is 14.5 Å². The standard InChI is InChI=1S/C6H3ClF2IN/c7-4-3(11)1-2(8)5(9)6(4)10/h1H,11H2. The average Bonchev–Trinajstić information content (AvgIpc) is 1.97. The van der Waals surface area contributed by atoms with E-state index in [1.165, 1.54) is 0 Å². The molecule has 0 radical (unpaired) electrons. The minimum absolute atomic E-state index is 0.0155. The van der Waals surface area contributed by atoms with Gasteiger partial charge in [0, 0.05) is 6.07 Å². The predicted octanol–water partition coefficient (Wildman–Crippen LogP) is 2.81. The fourth-order valence-electron chi connectivity index (χ4n) is 0.591. The molecule has 0 amide bonds. The molecular weight excluding hydrogens is 286 g/mol. The summed E-state index contributed by atoms with van der Waals surface area (Å²) in [4.78, 5) is 0. The summed E-state index contributed by atoms with van der Waals surface area (Å²) in [6.45, 7) is 0. The van der Waals surface area contributed by atoms with Gasteiger partial charge in [0.25, 0.3) is 0 Å². The summed E-state index contributed by atoms with van der Waals surface area (Å²) >= 11 is 7.11. The number of hydrogen-bond acceptors (Lipinski definition) is 1. The zero-order chi connectivity index (χ0) is 8.59. The Morgan fingerprint density at radius 2 is 2.00 bits per heavy atom. The van der Waals surface area contributed by atoms with Crippen molar-refractivity contribution in [3.8, 4) is 0 Å². The molecule has 0 aromatic heterocycles. The monoisotopic (exact) mass is 289 g/mol. The highest BCUT2D eigenvalue weighted by Gasteiger charge is 2.12. The Balaban J connectivity index is 3.46. The second-order valence-corrected chi connectivity index (χ2v) is 3.35. The van der Waals surface area contributed by atoms with Crippen LogP contribution in [0.5, 0.6) is 0 Å². The minimum atomic E-state index is -0.976.